The Labute approximate surface area is 166 Å². The minimum Gasteiger partial charge on any atom is -0.493 e. The van der Waals surface area contributed by atoms with Crippen molar-refractivity contribution < 1.29 is 19.1 Å². The summed E-state index contributed by atoms with van der Waals surface area (Å²) in [6, 6.07) is 10.4. The van der Waals surface area contributed by atoms with Gasteiger partial charge in [0.1, 0.15) is 0 Å². The number of anilines is 1. The lowest BCUT2D eigenvalue weighted by Crippen LogP contribution is -2.22. The Morgan fingerprint density at radius 3 is 2.46 bits per heavy atom. The fourth-order valence-electron chi connectivity index (χ4n) is 2.73. The monoisotopic (exact) mass is 384 g/mol. The maximum absolute atomic E-state index is 12.7. The highest BCUT2D eigenvalue weighted by atomic mass is 16.5. The molecule has 2 aromatic rings. The van der Waals surface area contributed by atoms with Crippen molar-refractivity contribution in [1.82, 2.24) is 5.32 Å². The maximum Gasteiger partial charge on any atom is 0.255 e. The molecule has 0 bridgehead atoms. The molecular formula is C22H28N2O4. The second kappa shape index (κ2) is 9.78. The van der Waals surface area contributed by atoms with Gasteiger partial charge in [-0.2, -0.15) is 0 Å². The fourth-order valence-corrected chi connectivity index (χ4v) is 2.73. The molecule has 0 saturated heterocycles. The summed E-state index contributed by atoms with van der Waals surface area (Å²) in [5.74, 6) is 1.05. The zero-order valence-electron chi connectivity index (χ0n) is 17.1. The zero-order valence-corrected chi connectivity index (χ0v) is 17.1. The maximum atomic E-state index is 12.7. The summed E-state index contributed by atoms with van der Waals surface area (Å²) >= 11 is 0. The van der Waals surface area contributed by atoms with Gasteiger partial charge in [-0.1, -0.05) is 26.0 Å². The molecule has 28 heavy (non-hydrogen) atoms. The standard InChI is InChI=1S/C22H28N2O4/c1-14(2)11-12-28-18-10-9-16(13-19(18)27-5)21(25)24-17-8-6-7-15(3)20(17)22(26)23-4/h6-10,13-14H,11-12H2,1-5H3,(H,23,26)(H,24,25). The molecular weight excluding hydrogens is 356 g/mol. The van der Waals surface area contributed by atoms with E-state index in [1.165, 1.54) is 7.11 Å². The van der Waals surface area contributed by atoms with Crippen molar-refractivity contribution in [2.45, 2.75) is 27.2 Å². The molecule has 0 atom stereocenters. The first kappa shape index (κ1) is 21.3. The van der Waals surface area contributed by atoms with E-state index in [4.69, 9.17) is 9.47 Å². The molecule has 0 aromatic heterocycles. The minimum absolute atomic E-state index is 0.250. The van der Waals surface area contributed by atoms with Crippen molar-refractivity contribution in [1.29, 1.82) is 0 Å². The van der Waals surface area contributed by atoms with Gasteiger partial charge in [0.25, 0.3) is 11.8 Å². The third-order valence-corrected chi connectivity index (χ3v) is 4.35. The average Bonchev–Trinajstić information content (AvgIpc) is 2.67. The van der Waals surface area contributed by atoms with Crippen molar-refractivity contribution in [3.63, 3.8) is 0 Å². The number of rotatable bonds is 8. The van der Waals surface area contributed by atoms with Crippen LogP contribution in [-0.4, -0.2) is 32.6 Å². The number of carbonyl (C=O) groups excluding carboxylic acids is 2. The van der Waals surface area contributed by atoms with Gasteiger partial charge < -0.3 is 20.1 Å². The normalized spacial score (nSPS) is 10.5. The molecule has 0 unspecified atom stereocenters. The predicted molar refractivity (Wildman–Crippen MR) is 110 cm³/mol. The van der Waals surface area contributed by atoms with Gasteiger partial charge in [0.15, 0.2) is 11.5 Å². The summed E-state index contributed by atoms with van der Waals surface area (Å²) in [6.45, 7) is 6.67. The quantitative estimate of drug-likeness (QED) is 0.720. The second-order valence-corrected chi connectivity index (χ2v) is 6.93. The number of amides is 2. The van der Waals surface area contributed by atoms with E-state index in [1.54, 1.807) is 37.4 Å². The third kappa shape index (κ3) is 5.25. The van der Waals surface area contributed by atoms with E-state index in [9.17, 15) is 9.59 Å². The number of carbonyl (C=O) groups is 2. The van der Waals surface area contributed by atoms with Crippen molar-refractivity contribution in [3.8, 4) is 11.5 Å². The lowest BCUT2D eigenvalue weighted by molar-refractivity contribution is 0.0963. The van der Waals surface area contributed by atoms with Gasteiger partial charge >= 0.3 is 0 Å². The highest BCUT2D eigenvalue weighted by Gasteiger charge is 2.17. The van der Waals surface area contributed by atoms with Gasteiger partial charge in [-0.05, 0) is 49.1 Å². The Kier molecular flexibility index (Phi) is 7.44. The zero-order chi connectivity index (χ0) is 20.7. The molecule has 0 spiro atoms. The SMILES string of the molecule is CNC(=O)c1c(C)cccc1NC(=O)c1ccc(OCCC(C)C)c(OC)c1. The highest BCUT2D eigenvalue weighted by molar-refractivity contribution is 6.09. The van der Waals surface area contributed by atoms with Crippen LogP contribution in [0.4, 0.5) is 5.69 Å². The van der Waals surface area contributed by atoms with Crippen molar-refractivity contribution >= 4 is 17.5 Å². The van der Waals surface area contributed by atoms with Crippen molar-refractivity contribution in [2.75, 3.05) is 26.1 Å². The molecule has 0 saturated carbocycles. The summed E-state index contributed by atoms with van der Waals surface area (Å²) < 4.78 is 11.1. The largest absolute Gasteiger partial charge is 0.493 e. The van der Waals surface area contributed by atoms with E-state index >= 15 is 0 Å². The molecule has 2 amide bonds. The van der Waals surface area contributed by atoms with Crippen LogP contribution in [0.15, 0.2) is 36.4 Å². The van der Waals surface area contributed by atoms with E-state index < -0.39 is 0 Å². The van der Waals surface area contributed by atoms with Crippen LogP contribution in [0.3, 0.4) is 0 Å². The molecule has 6 heteroatoms. The van der Waals surface area contributed by atoms with Gasteiger partial charge in [0.2, 0.25) is 0 Å². The van der Waals surface area contributed by atoms with E-state index in [-0.39, 0.29) is 11.8 Å². The van der Waals surface area contributed by atoms with Crippen molar-refractivity contribution in [3.05, 3.63) is 53.1 Å². The Bertz CT molecular complexity index is 846. The Balaban J connectivity index is 2.21. The lowest BCUT2D eigenvalue weighted by Gasteiger charge is -2.15. The Morgan fingerprint density at radius 1 is 1.07 bits per heavy atom. The van der Waals surface area contributed by atoms with Gasteiger partial charge in [0.05, 0.1) is 25.0 Å². The number of methoxy groups -OCH3 is 1. The molecule has 6 nitrogen and oxygen atoms in total. The van der Waals surface area contributed by atoms with Crippen LogP contribution < -0.4 is 20.1 Å². The summed E-state index contributed by atoms with van der Waals surface area (Å²) in [5.41, 5.74) is 2.10. The molecule has 2 aromatic carbocycles. The molecule has 150 valence electrons. The van der Waals surface area contributed by atoms with Crippen LogP contribution >= 0.6 is 0 Å². The first-order valence-electron chi connectivity index (χ1n) is 9.31. The van der Waals surface area contributed by atoms with Crippen LogP contribution in [0.5, 0.6) is 11.5 Å². The predicted octanol–water partition coefficient (Wildman–Crippen LogP) is 4.04. The summed E-state index contributed by atoms with van der Waals surface area (Å²) in [4.78, 5) is 24.9. The molecule has 0 aliphatic rings. The second-order valence-electron chi connectivity index (χ2n) is 6.93. The average molecular weight is 384 g/mol. The number of aryl methyl sites for hydroxylation is 1. The first-order chi connectivity index (χ1) is 13.4. The smallest absolute Gasteiger partial charge is 0.255 e. The third-order valence-electron chi connectivity index (χ3n) is 4.35. The van der Waals surface area contributed by atoms with Gasteiger partial charge in [-0.15, -0.1) is 0 Å². The van der Waals surface area contributed by atoms with Gasteiger partial charge in [0, 0.05) is 12.6 Å². The molecule has 0 radical (unpaired) electrons. The molecule has 2 N–H and O–H groups in total. The lowest BCUT2D eigenvalue weighted by atomic mass is 10.1. The fraction of sp³-hybridized carbons (Fsp3) is 0.364. The van der Waals surface area contributed by atoms with E-state index in [0.29, 0.717) is 40.8 Å². The molecule has 0 fully saturated rings. The number of ether oxygens (including phenoxy) is 2. The van der Waals surface area contributed by atoms with E-state index in [1.807, 2.05) is 13.0 Å². The van der Waals surface area contributed by atoms with Crippen LogP contribution in [0.25, 0.3) is 0 Å². The molecule has 2 rings (SSSR count). The van der Waals surface area contributed by atoms with Crippen LogP contribution in [0.2, 0.25) is 0 Å². The molecule has 0 aliphatic heterocycles. The molecule has 0 heterocycles. The summed E-state index contributed by atoms with van der Waals surface area (Å²) in [5, 5.41) is 5.42. The highest BCUT2D eigenvalue weighted by Crippen LogP contribution is 2.29. The van der Waals surface area contributed by atoms with E-state index in [2.05, 4.69) is 24.5 Å². The Hall–Kier alpha value is -3.02. The summed E-state index contributed by atoms with van der Waals surface area (Å²) in [6.07, 6.45) is 0.932. The molecule has 0 aliphatic carbocycles. The van der Waals surface area contributed by atoms with Crippen molar-refractivity contribution in [2.24, 2.45) is 5.92 Å². The van der Waals surface area contributed by atoms with Crippen LogP contribution in [-0.2, 0) is 0 Å². The van der Waals surface area contributed by atoms with E-state index in [0.717, 1.165) is 12.0 Å². The van der Waals surface area contributed by atoms with Crippen LogP contribution in [0, 0.1) is 12.8 Å². The van der Waals surface area contributed by atoms with Gasteiger partial charge in [-0.25, -0.2) is 0 Å². The van der Waals surface area contributed by atoms with Crippen LogP contribution in [0.1, 0.15) is 46.5 Å². The topological polar surface area (TPSA) is 76.7 Å². The Morgan fingerprint density at radius 2 is 1.82 bits per heavy atom. The number of hydrogen-bond donors (Lipinski definition) is 2. The minimum atomic E-state index is -0.331. The number of hydrogen-bond acceptors (Lipinski definition) is 4. The number of benzene rings is 2. The van der Waals surface area contributed by atoms with Gasteiger partial charge in [-0.3, -0.25) is 9.59 Å². The summed E-state index contributed by atoms with van der Waals surface area (Å²) in [7, 11) is 3.10. The number of nitrogens with one attached hydrogen (secondary N) is 2. The first-order valence-corrected chi connectivity index (χ1v) is 9.31.